The molecule has 0 radical (unpaired) electrons. The van der Waals surface area contributed by atoms with E-state index in [1.54, 1.807) is 6.08 Å². The molecule has 0 aliphatic rings. The number of aliphatic hydroxyl groups excluding tert-OH is 2. The number of nitrogens with one attached hydrogen (secondary N) is 1. The van der Waals surface area contributed by atoms with Crippen molar-refractivity contribution in [1.82, 2.24) is 5.32 Å². The van der Waals surface area contributed by atoms with Crippen molar-refractivity contribution in [2.75, 3.05) is 13.2 Å². The molecule has 2 atom stereocenters. The normalized spacial score (nSPS) is 12.6. The first-order valence-electron chi connectivity index (χ1n) is 34.6. The van der Waals surface area contributed by atoms with Crippen LogP contribution in [0.2, 0.25) is 0 Å². The number of carbonyl (C=O) groups excluding carboxylic acids is 2. The molecule has 0 rings (SSSR count). The van der Waals surface area contributed by atoms with Gasteiger partial charge in [0.25, 0.3) is 0 Å². The first kappa shape index (κ1) is 74.3. The van der Waals surface area contributed by atoms with Crippen molar-refractivity contribution in [3.8, 4) is 0 Å². The predicted octanol–water partition coefficient (Wildman–Crippen LogP) is 22.1. The highest BCUT2D eigenvalue weighted by molar-refractivity contribution is 5.76. The zero-order valence-corrected chi connectivity index (χ0v) is 51.5. The fourth-order valence-electron chi connectivity index (χ4n) is 10.9. The quantitative estimate of drug-likeness (QED) is 0.0320. The second-order valence-corrected chi connectivity index (χ2v) is 23.9. The molecule has 2 unspecified atom stereocenters. The van der Waals surface area contributed by atoms with Gasteiger partial charge in [-0.25, -0.2) is 0 Å². The van der Waals surface area contributed by atoms with Crippen LogP contribution in [0.3, 0.4) is 0 Å². The van der Waals surface area contributed by atoms with Gasteiger partial charge in [0.1, 0.15) is 0 Å². The van der Waals surface area contributed by atoms with Gasteiger partial charge >= 0.3 is 5.97 Å². The molecule has 0 fully saturated rings. The molecule has 76 heavy (non-hydrogen) atoms. The van der Waals surface area contributed by atoms with Gasteiger partial charge in [-0.15, -0.1) is 0 Å². The number of allylic oxidation sites excluding steroid dienone is 3. The molecule has 0 heterocycles. The summed E-state index contributed by atoms with van der Waals surface area (Å²) in [5.41, 5.74) is 0. The van der Waals surface area contributed by atoms with Crippen LogP contribution in [0, 0.1) is 0 Å². The molecule has 0 saturated heterocycles. The Hall–Kier alpha value is -1.66. The summed E-state index contributed by atoms with van der Waals surface area (Å²) >= 11 is 0. The molecule has 0 bridgehead atoms. The lowest BCUT2D eigenvalue weighted by Crippen LogP contribution is -2.45. The van der Waals surface area contributed by atoms with E-state index in [-0.39, 0.29) is 18.5 Å². The molecular formula is C70H135NO5. The smallest absolute Gasteiger partial charge is 0.305 e. The van der Waals surface area contributed by atoms with E-state index in [4.69, 9.17) is 4.74 Å². The van der Waals surface area contributed by atoms with E-state index >= 15 is 0 Å². The maximum Gasteiger partial charge on any atom is 0.305 e. The Labute approximate surface area is 475 Å². The predicted molar refractivity (Wildman–Crippen MR) is 333 cm³/mol. The average Bonchev–Trinajstić information content (AvgIpc) is 3.42. The molecule has 0 aromatic carbocycles. The fourth-order valence-corrected chi connectivity index (χ4v) is 10.9. The van der Waals surface area contributed by atoms with Crippen LogP contribution in [-0.4, -0.2) is 47.4 Å². The highest BCUT2D eigenvalue weighted by atomic mass is 16.5. The van der Waals surface area contributed by atoms with Crippen LogP contribution in [0.25, 0.3) is 0 Å². The monoisotopic (exact) mass is 1070 g/mol. The molecule has 0 spiro atoms. The third-order valence-corrected chi connectivity index (χ3v) is 16.2. The number of hydrogen-bond acceptors (Lipinski definition) is 5. The van der Waals surface area contributed by atoms with Gasteiger partial charge in [0, 0.05) is 12.8 Å². The molecule has 0 aliphatic heterocycles. The summed E-state index contributed by atoms with van der Waals surface area (Å²) in [5, 5.41) is 23.2. The number of aliphatic hydroxyl groups is 2. The topological polar surface area (TPSA) is 95.9 Å². The van der Waals surface area contributed by atoms with Crippen LogP contribution in [0.5, 0.6) is 0 Å². The van der Waals surface area contributed by atoms with Crippen LogP contribution in [0.1, 0.15) is 386 Å². The standard InChI is InChI=1S/C70H135NO5/c1-3-5-7-9-11-13-15-17-19-21-31-34-38-42-46-50-54-58-62-68(73)67(66-72)71-69(74)63-59-55-51-47-43-39-35-32-28-26-24-22-23-25-27-29-33-37-41-45-49-53-57-61-65-76-70(75)64-60-56-52-48-44-40-36-30-20-18-16-14-12-10-8-6-4-2/h24,26,58,62,67-68,72-73H,3-23,25,27-57,59-61,63-66H2,1-2H3,(H,71,74)/b26-24-,62-58+. The lowest BCUT2D eigenvalue weighted by molar-refractivity contribution is -0.143. The van der Waals surface area contributed by atoms with Crippen molar-refractivity contribution in [1.29, 1.82) is 0 Å². The molecule has 0 aromatic rings. The van der Waals surface area contributed by atoms with Crippen molar-refractivity contribution in [3.63, 3.8) is 0 Å². The summed E-state index contributed by atoms with van der Waals surface area (Å²) in [4.78, 5) is 24.6. The van der Waals surface area contributed by atoms with Crippen molar-refractivity contribution in [2.24, 2.45) is 0 Å². The van der Waals surface area contributed by atoms with Crippen molar-refractivity contribution in [3.05, 3.63) is 24.3 Å². The fraction of sp³-hybridized carbons (Fsp3) is 0.914. The molecule has 0 saturated carbocycles. The molecule has 0 aromatic heterocycles. The summed E-state index contributed by atoms with van der Waals surface area (Å²) < 4.78 is 5.50. The lowest BCUT2D eigenvalue weighted by atomic mass is 10.0. The highest BCUT2D eigenvalue weighted by Crippen LogP contribution is 2.18. The van der Waals surface area contributed by atoms with Crippen LogP contribution in [0.15, 0.2) is 24.3 Å². The second kappa shape index (κ2) is 65.9. The lowest BCUT2D eigenvalue weighted by Gasteiger charge is -2.20. The van der Waals surface area contributed by atoms with Crippen molar-refractivity contribution < 1.29 is 24.5 Å². The van der Waals surface area contributed by atoms with Crippen LogP contribution in [-0.2, 0) is 14.3 Å². The number of unbranched alkanes of at least 4 members (excludes halogenated alkanes) is 52. The Balaban J connectivity index is 3.41. The van der Waals surface area contributed by atoms with E-state index in [1.807, 2.05) is 6.08 Å². The van der Waals surface area contributed by atoms with Crippen molar-refractivity contribution in [2.45, 2.75) is 398 Å². The van der Waals surface area contributed by atoms with Crippen LogP contribution >= 0.6 is 0 Å². The van der Waals surface area contributed by atoms with Crippen LogP contribution < -0.4 is 5.32 Å². The second-order valence-electron chi connectivity index (χ2n) is 23.9. The van der Waals surface area contributed by atoms with Gasteiger partial charge in [0.05, 0.1) is 25.4 Å². The Kier molecular flexibility index (Phi) is 64.4. The zero-order chi connectivity index (χ0) is 55.0. The van der Waals surface area contributed by atoms with E-state index < -0.39 is 12.1 Å². The summed E-state index contributed by atoms with van der Waals surface area (Å²) in [6.07, 6.45) is 82.4. The minimum atomic E-state index is -0.848. The Morgan fingerprint density at radius 1 is 0.355 bits per heavy atom. The first-order valence-corrected chi connectivity index (χ1v) is 34.6. The third-order valence-electron chi connectivity index (χ3n) is 16.2. The molecule has 0 aliphatic carbocycles. The van der Waals surface area contributed by atoms with Crippen LogP contribution in [0.4, 0.5) is 0 Å². The number of ether oxygens (including phenoxy) is 1. The zero-order valence-electron chi connectivity index (χ0n) is 51.5. The van der Waals surface area contributed by atoms with Gasteiger partial charge in [0.2, 0.25) is 5.91 Å². The highest BCUT2D eigenvalue weighted by Gasteiger charge is 2.18. The molecule has 6 nitrogen and oxygen atoms in total. The summed E-state index contributed by atoms with van der Waals surface area (Å²) in [5.74, 6) is -0.0526. The third kappa shape index (κ3) is 61.6. The van der Waals surface area contributed by atoms with E-state index in [0.717, 1.165) is 38.5 Å². The molecule has 3 N–H and O–H groups in total. The number of hydrogen-bond donors (Lipinski definition) is 3. The maximum absolute atomic E-state index is 12.5. The minimum absolute atomic E-state index is 0.0167. The van der Waals surface area contributed by atoms with Gasteiger partial charge < -0.3 is 20.3 Å². The minimum Gasteiger partial charge on any atom is -0.466 e. The summed E-state index contributed by atoms with van der Waals surface area (Å²) in [6.45, 7) is 4.94. The summed E-state index contributed by atoms with van der Waals surface area (Å²) in [6, 6.07) is -0.631. The van der Waals surface area contributed by atoms with E-state index in [1.165, 1.54) is 321 Å². The molecule has 6 heteroatoms. The Morgan fingerprint density at radius 3 is 0.934 bits per heavy atom. The van der Waals surface area contributed by atoms with Gasteiger partial charge in [-0.3, -0.25) is 9.59 Å². The first-order chi connectivity index (χ1) is 37.5. The van der Waals surface area contributed by atoms with Crippen molar-refractivity contribution >= 4 is 11.9 Å². The van der Waals surface area contributed by atoms with E-state index in [9.17, 15) is 19.8 Å². The number of rotatable bonds is 65. The van der Waals surface area contributed by atoms with E-state index in [0.29, 0.717) is 19.4 Å². The SMILES string of the molecule is CCCCCCCCCCCCCCCCCC/C=C/C(O)C(CO)NC(=O)CCCCCCCCCC/C=C\CCCCCCCCCCCCCCOC(=O)CCCCCCCCCCCCCCCCCCC. The Morgan fingerprint density at radius 2 is 0.618 bits per heavy atom. The molecule has 1 amide bonds. The largest absolute Gasteiger partial charge is 0.466 e. The van der Waals surface area contributed by atoms with Gasteiger partial charge in [-0.1, -0.05) is 340 Å². The van der Waals surface area contributed by atoms with Gasteiger partial charge in [-0.2, -0.15) is 0 Å². The summed E-state index contributed by atoms with van der Waals surface area (Å²) in [7, 11) is 0. The van der Waals surface area contributed by atoms with E-state index in [2.05, 4.69) is 31.3 Å². The van der Waals surface area contributed by atoms with Gasteiger partial charge in [0.15, 0.2) is 0 Å². The average molecular weight is 1070 g/mol. The molecular weight excluding hydrogens is 935 g/mol. The molecule has 450 valence electrons. The number of carbonyl (C=O) groups is 2. The Bertz CT molecular complexity index is 1190. The van der Waals surface area contributed by atoms with Gasteiger partial charge in [-0.05, 0) is 57.8 Å². The maximum atomic E-state index is 12.5. The number of esters is 1. The number of amides is 1.